The Morgan fingerprint density at radius 3 is 2.57 bits per heavy atom. The maximum Gasteiger partial charge on any atom is 0.254 e. The summed E-state index contributed by atoms with van der Waals surface area (Å²) in [6, 6.07) is 4.46. The molecule has 1 saturated heterocycles. The molecule has 0 bridgehead atoms. The number of aryl methyl sites for hydroxylation is 1. The highest BCUT2D eigenvalue weighted by Gasteiger charge is 2.37. The van der Waals surface area contributed by atoms with Crippen LogP contribution in [0.15, 0.2) is 18.2 Å². The number of hydrogen-bond acceptors (Lipinski definition) is 5. The number of aliphatic hydroxyl groups excluding tert-OH is 1. The molecule has 1 aliphatic rings. The van der Waals surface area contributed by atoms with Gasteiger partial charge in [0.25, 0.3) is 5.91 Å². The summed E-state index contributed by atoms with van der Waals surface area (Å²) < 4.78 is 25.0. The summed E-state index contributed by atoms with van der Waals surface area (Å²) in [6.07, 6.45) is -0.869. The second-order valence-corrected chi connectivity index (χ2v) is 8.33. The largest absolute Gasteiger partial charge is 0.508 e. The lowest BCUT2D eigenvalue weighted by molar-refractivity contribution is 0.0764. The standard InChI is InChI=1S/C15H22N2O5S/c1-10-6-12(18)4-5-13(10)15(20)17-7-11(14(19)8-17)9-23(21,22)16(2)3/h4-6,11,14,18-19H,7-9H2,1-3H3/t11-,14+/m0/s1. The molecule has 0 aliphatic carbocycles. The molecule has 2 atom stereocenters. The number of carbonyl (C=O) groups excluding carboxylic acids is 1. The smallest absolute Gasteiger partial charge is 0.254 e. The van der Waals surface area contributed by atoms with Gasteiger partial charge in [-0.05, 0) is 30.7 Å². The quantitative estimate of drug-likeness (QED) is 0.804. The highest BCUT2D eigenvalue weighted by atomic mass is 32.2. The molecule has 0 radical (unpaired) electrons. The van der Waals surface area contributed by atoms with Crippen LogP contribution in [0.3, 0.4) is 0 Å². The fourth-order valence-corrected chi connectivity index (χ4v) is 3.83. The van der Waals surface area contributed by atoms with Crippen LogP contribution >= 0.6 is 0 Å². The van der Waals surface area contributed by atoms with Crippen LogP contribution in [0.4, 0.5) is 0 Å². The van der Waals surface area contributed by atoms with Gasteiger partial charge in [-0.15, -0.1) is 0 Å². The molecule has 1 amide bonds. The Hall–Kier alpha value is -1.64. The van der Waals surface area contributed by atoms with Crippen LogP contribution in [0, 0.1) is 12.8 Å². The van der Waals surface area contributed by atoms with E-state index in [0.29, 0.717) is 11.1 Å². The monoisotopic (exact) mass is 342 g/mol. The number of amides is 1. The lowest BCUT2D eigenvalue weighted by atomic mass is 10.1. The molecule has 0 spiro atoms. The number of aliphatic hydroxyl groups is 1. The van der Waals surface area contributed by atoms with Crippen LogP contribution in [-0.2, 0) is 10.0 Å². The van der Waals surface area contributed by atoms with Crippen molar-refractivity contribution in [3.8, 4) is 5.75 Å². The highest BCUT2D eigenvalue weighted by Crippen LogP contribution is 2.24. The predicted molar refractivity (Wildman–Crippen MR) is 85.7 cm³/mol. The van der Waals surface area contributed by atoms with Crippen molar-refractivity contribution in [2.24, 2.45) is 5.92 Å². The van der Waals surface area contributed by atoms with Gasteiger partial charge in [0, 0.05) is 38.7 Å². The fraction of sp³-hybridized carbons (Fsp3) is 0.533. The van der Waals surface area contributed by atoms with Gasteiger partial charge in [0.15, 0.2) is 0 Å². The number of phenolic OH excluding ortho intramolecular Hbond substituents is 1. The van der Waals surface area contributed by atoms with Crippen molar-refractivity contribution in [3.05, 3.63) is 29.3 Å². The zero-order valence-corrected chi connectivity index (χ0v) is 14.2. The maximum atomic E-state index is 12.5. The van der Waals surface area contributed by atoms with E-state index in [2.05, 4.69) is 0 Å². The number of nitrogens with zero attached hydrogens (tertiary/aromatic N) is 2. The Balaban J connectivity index is 2.13. The normalized spacial score (nSPS) is 21.9. The van der Waals surface area contributed by atoms with Crippen molar-refractivity contribution >= 4 is 15.9 Å². The number of hydrogen-bond donors (Lipinski definition) is 2. The molecule has 1 heterocycles. The zero-order chi connectivity index (χ0) is 17.4. The van der Waals surface area contributed by atoms with Gasteiger partial charge in [0.2, 0.25) is 10.0 Å². The summed E-state index contributed by atoms with van der Waals surface area (Å²) in [7, 11) is -0.552. The van der Waals surface area contributed by atoms with Gasteiger partial charge in [-0.3, -0.25) is 4.79 Å². The molecule has 0 unspecified atom stereocenters. The van der Waals surface area contributed by atoms with E-state index < -0.39 is 22.0 Å². The van der Waals surface area contributed by atoms with Crippen molar-refractivity contribution in [2.45, 2.75) is 13.0 Å². The van der Waals surface area contributed by atoms with Crippen molar-refractivity contribution in [1.29, 1.82) is 0 Å². The maximum absolute atomic E-state index is 12.5. The summed E-state index contributed by atoms with van der Waals surface area (Å²) in [5, 5.41) is 19.5. The minimum atomic E-state index is -3.44. The van der Waals surface area contributed by atoms with Crippen LogP contribution < -0.4 is 0 Å². The van der Waals surface area contributed by atoms with Gasteiger partial charge >= 0.3 is 0 Å². The van der Waals surface area contributed by atoms with E-state index >= 15 is 0 Å². The third-order valence-electron chi connectivity index (χ3n) is 4.12. The number of benzene rings is 1. The molecule has 2 N–H and O–H groups in total. The van der Waals surface area contributed by atoms with Gasteiger partial charge in [0.1, 0.15) is 5.75 Å². The lowest BCUT2D eigenvalue weighted by Crippen LogP contribution is -2.33. The van der Waals surface area contributed by atoms with Gasteiger partial charge < -0.3 is 15.1 Å². The first-order valence-corrected chi connectivity index (χ1v) is 8.90. The summed E-state index contributed by atoms with van der Waals surface area (Å²) in [5.74, 6) is -0.898. The fourth-order valence-electron chi connectivity index (χ4n) is 2.66. The third-order valence-corrected chi connectivity index (χ3v) is 6.08. The van der Waals surface area contributed by atoms with Crippen molar-refractivity contribution < 1.29 is 23.4 Å². The molecule has 23 heavy (non-hydrogen) atoms. The Morgan fingerprint density at radius 1 is 1.35 bits per heavy atom. The van der Waals surface area contributed by atoms with Crippen LogP contribution in [0.25, 0.3) is 0 Å². The van der Waals surface area contributed by atoms with Crippen LogP contribution in [0.1, 0.15) is 15.9 Å². The molecule has 1 fully saturated rings. The number of β-amino-alcohol motifs (C(OH)–C–C–N with tert-alkyl or cyclic N) is 1. The molecular formula is C15H22N2O5S. The summed E-state index contributed by atoms with van der Waals surface area (Å²) >= 11 is 0. The summed E-state index contributed by atoms with van der Waals surface area (Å²) in [5.41, 5.74) is 1.07. The molecule has 128 valence electrons. The van der Waals surface area contributed by atoms with Gasteiger partial charge in [0.05, 0.1) is 11.9 Å². The van der Waals surface area contributed by atoms with Gasteiger partial charge in [-0.1, -0.05) is 0 Å². The van der Waals surface area contributed by atoms with Crippen LogP contribution in [-0.4, -0.2) is 72.8 Å². The number of rotatable bonds is 4. The molecule has 1 aromatic carbocycles. The number of aromatic hydroxyl groups is 1. The van der Waals surface area contributed by atoms with E-state index in [0.717, 1.165) is 4.31 Å². The average molecular weight is 342 g/mol. The Morgan fingerprint density at radius 2 is 2.00 bits per heavy atom. The first-order valence-electron chi connectivity index (χ1n) is 7.29. The minimum Gasteiger partial charge on any atom is -0.508 e. The van der Waals surface area contributed by atoms with E-state index in [1.54, 1.807) is 6.92 Å². The first-order chi connectivity index (χ1) is 10.6. The van der Waals surface area contributed by atoms with E-state index in [9.17, 15) is 23.4 Å². The van der Waals surface area contributed by atoms with Crippen molar-refractivity contribution in [1.82, 2.24) is 9.21 Å². The van der Waals surface area contributed by atoms with Crippen molar-refractivity contribution in [3.63, 3.8) is 0 Å². The van der Waals surface area contributed by atoms with E-state index in [1.807, 2.05) is 0 Å². The SMILES string of the molecule is Cc1cc(O)ccc1C(=O)N1C[C@@H](CS(=O)(=O)N(C)C)[C@H](O)C1. The molecule has 7 nitrogen and oxygen atoms in total. The molecule has 1 aliphatic heterocycles. The molecule has 2 rings (SSSR count). The summed E-state index contributed by atoms with van der Waals surface area (Å²) in [6.45, 7) is 2.01. The van der Waals surface area contributed by atoms with Crippen LogP contribution in [0.5, 0.6) is 5.75 Å². The molecule has 0 saturated carbocycles. The Kier molecular flexibility index (Phi) is 4.98. The number of likely N-dealkylation sites (tertiary alicyclic amines) is 1. The molecular weight excluding hydrogens is 320 g/mol. The molecule has 8 heteroatoms. The van der Waals surface area contributed by atoms with Gasteiger partial charge in [-0.25, -0.2) is 12.7 Å². The zero-order valence-electron chi connectivity index (χ0n) is 13.4. The van der Waals surface area contributed by atoms with E-state index in [4.69, 9.17) is 0 Å². The van der Waals surface area contributed by atoms with E-state index in [-0.39, 0.29) is 30.5 Å². The topological polar surface area (TPSA) is 98.2 Å². The Bertz CT molecular complexity index is 702. The first kappa shape index (κ1) is 17.7. The van der Waals surface area contributed by atoms with Crippen molar-refractivity contribution in [2.75, 3.05) is 32.9 Å². The van der Waals surface area contributed by atoms with Gasteiger partial charge in [-0.2, -0.15) is 0 Å². The average Bonchev–Trinajstić information content (AvgIpc) is 2.78. The number of sulfonamides is 1. The lowest BCUT2D eigenvalue weighted by Gasteiger charge is -2.18. The van der Waals surface area contributed by atoms with Crippen LogP contribution in [0.2, 0.25) is 0 Å². The second-order valence-electron chi connectivity index (χ2n) is 6.10. The minimum absolute atomic E-state index is 0.0791. The molecule has 1 aromatic rings. The number of carbonyl (C=O) groups is 1. The second kappa shape index (κ2) is 6.46. The number of phenols is 1. The Labute approximate surface area is 136 Å². The predicted octanol–water partition coefficient (Wildman–Crippen LogP) is 0.0249. The van der Waals surface area contributed by atoms with E-state index in [1.165, 1.54) is 37.2 Å². The third kappa shape index (κ3) is 3.82. The molecule has 0 aromatic heterocycles. The highest BCUT2D eigenvalue weighted by molar-refractivity contribution is 7.89. The summed E-state index contributed by atoms with van der Waals surface area (Å²) in [4.78, 5) is 14.0.